The molecule has 1 aliphatic heterocycles. The van der Waals surface area contributed by atoms with Gasteiger partial charge in [-0.3, -0.25) is 4.79 Å². The zero-order valence-electron chi connectivity index (χ0n) is 12.9. The Bertz CT molecular complexity index is 475. The van der Waals surface area contributed by atoms with Gasteiger partial charge in [0, 0.05) is 6.42 Å². The molecule has 0 radical (unpaired) electrons. The summed E-state index contributed by atoms with van der Waals surface area (Å²) in [7, 11) is 0. The van der Waals surface area contributed by atoms with Crippen LogP contribution in [0.3, 0.4) is 0 Å². The summed E-state index contributed by atoms with van der Waals surface area (Å²) in [4.78, 5) is 12.5. The second kappa shape index (κ2) is 5.25. The van der Waals surface area contributed by atoms with Crippen LogP contribution in [0.15, 0.2) is 24.3 Å². The Balaban J connectivity index is 2.07. The highest BCUT2D eigenvalue weighted by Gasteiger charge is 2.66. The maximum Gasteiger partial charge on any atom is 0.310 e. The monoisotopic (exact) mass is 292 g/mol. The number of esters is 1. The summed E-state index contributed by atoms with van der Waals surface area (Å²) in [6.07, 6.45) is 6.40. The zero-order chi connectivity index (χ0) is 15.1. The molecule has 21 heavy (non-hydrogen) atoms. The molecule has 1 saturated carbocycles. The van der Waals surface area contributed by atoms with Crippen molar-refractivity contribution in [1.29, 1.82) is 0 Å². The van der Waals surface area contributed by atoms with Crippen molar-refractivity contribution < 1.29 is 19.0 Å². The number of allylic oxidation sites excluding steroid dienone is 2. The molecular formula is C17H24O4. The van der Waals surface area contributed by atoms with Gasteiger partial charge in [-0.2, -0.15) is 0 Å². The largest absolute Gasteiger partial charge is 0.466 e. The number of rotatable bonds is 4. The van der Waals surface area contributed by atoms with Gasteiger partial charge in [-0.05, 0) is 32.6 Å². The summed E-state index contributed by atoms with van der Waals surface area (Å²) in [5.74, 6) is -0.687. The van der Waals surface area contributed by atoms with E-state index < -0.39 is 11.2 Å². The second-order valence-electron chi connectivity index (χ2n) is 6.31. The molecule has 3 aliphatic carbocycles. The summed E-state index contributed by atoms with van der Waals surface area (Å²) in [5, 5.41) is 0. The molecule has 1 spiro atoms. The number of hydrogen-bond acceptors (Lipinski definition) is 4. The standard InChI is InChI=1S/C17H24O4/c1-4-6-16-10-12(3)13(9-14(16)15(18)19-5-2)11-17(16)20-7-8-21-17/h4,10,13-14H,1,5-9,11H2,2-3H3/t13-,14-,16+/m1/s1. The molecule has 0 unspecified atom stereocenters. The van der Waals surface area contributed by atoms with Crippen LogP contribution in [0, 0.1) is 17.3 Å². The van der Waals surface area contributed by atoms with E-state index in [0.29, 0.717) is 32.2 Å². The average molecular weight is 292 g/mol. The SMILES string of the molecule is C=CC[C@]12C=C(C)[C@H](C[C@@H]1C(=O)OCC)CC21OCCO1. The van der Waals surface area contributed by atoms with Crippen LogP contribution in [-0.2, 0) is 19.0 Å². The van der Waals surface area contributed by atoms with Gasteiger partial charge in [0.25, 0.3) is 0 Å². The lowest BCUT2D eigenvalue weighted by Crippen LogP contribution is -2.61. The van der Waals surface area contributed by atoms with Crippen molar-refractivity contribution in [3.05, 3.63) is 24.3 Å². The highest BCUT2D eigenvalue weighted by molar-refractivity contribution is 5.75. The first kappa shape index (κ1) is 14.8. The van der Waals surface area contributed by atoms with Gasteiger partial charge in [-0.15, -0.1) is 6.58 Å². The van der Waals surface area contributed by atoms with Crippen molar-refractivity contribution in [3.8, 4) is 0 Å². The zero-order valence-corrected chi connectivity index (χ0v) is 12.9. The van der Waals surface area contributed by atoms with Crippen molar-refractivity contribution in [2.75, 3.05) is 19.8 Å². The van der Waals surface area contributed by atoms with Gasteiger partial charge in [0.15, 0.2) is 5.79 Å². The molecular weight excluding hydrogens is 268 g/mol. The number of hydrogen-bond donors (Lipinski definition) is 0. The van der Waals surface area contributed by atoms with E-state index >= 15 is 0 Å². The minimum Gasteiger partial charge on any atom is -0.466 e. The van der Waals surface area contributed by atoms with Gasteiger partial charge in [0.2, 0.25) is 0 Å². The van der Waals surface area contributed by atoms with Crippen LogP contribution in [0.5, 0.6) is 0 Å². The van der Waals surface area contributed by atoms with E-state index in [4.69, 9.17) is 14.2 Å². The average Bonchev–Trinajstić information content (AvgIpc) is 2.90. The van der Waals surface area contributed by atoms with Crippen molar-refractivity contribution in [2.24, 2.45) is 17.3 Å². The van der Waals surface area contributed by atoms with Crippen LogP contribution in [0.4, 0.5) is 0 Å². The van der Waals surface area contributed by atoms with Gasteiger partial charge < -0.3 is 14.2 Å². The fourth-order valence-corrected chi connectivity index (χ4v) is 4.43. The van der Waals surface area contributed by atoms with Crippen molar-refractivity contribution in [2.45, 2.75) is 38.9 Å². The Morgan fingerprint density at radius 2 is 2.24 bits per heavy atom. The Morgan fingerprint density at radius 1 is 1.52 bits per heavy atom. The third-order valence-corrected chi connectivity index (χ3v) is 5.30. The maximum atomic E-state index is 12.5. The molecule has 4 heteroatoms. The van der Waals surface area contributed by atoms with E-state index in [0.717, 1.165) is 12.8 Å². The molecule has 1 saturated heterocycles. The van der Waals surface area contributed by atoms with E-state index in [2.05, 4.69) is 19.6 Å². The first-order valence-electron chi connectivity index (χ1n) is 7.83. The number of ether oxygens (including phenoxy) is 3. The second-order valence-corrected chi connectivity index (χ2v) is 6.31. The van der Waals surface area contributed by atoms with Gasteiger partial charge in [0.05, 0.1) is 31.2 Å². The molecule has 0 aromatic heterocycles. The van der Waals surface area contributed by atoms with Crippen molar-refractivity contribution in [1.82, 2.24) is 0 Å². The summed E-state index contributed by atoms with van der Waals surface area (Å²) >= 11 is 0. The summed E-state index contributed by atoms with van der Waals surface area (Å²) in [6.45, 7) is 9.47. The minimum atomic E-state index is -0.680. The summed E-state index contributed by atoms with van der Waals surface area (Å²) in [6, 6.07) is 0. The summed E-state index contributed by atoms with van der Waals surface area (Å²) < 4.78 is 17.4. The molecule has 2 bridgehead atoms. The fraction of sp³-hybridized carbons (Fsp3) is 0.706. The molecule has 4 aliphatic rings. The van der Waals surface area contributed by atoms with Crippen molar-refractivity contribution >= 4 is 5.97 Å². The van der Waals surface area contributed by atoms with Crippen LogP contribution in [0.25, 0.3) is 0 Å². The molecule has 116 valence electrons. The predicted molar refractivity (Wildman–Crippen MR) is 78.5 cm³/mol. The van der Waals surface area contributed by atoms with Gasteiger partial charge in [0.1, 0.15) is 0 Å². The van der Waals surface area contributed by atoms with E-state index in [9.17, 15) is 4.79 Å². The van der Waals surface area contributed by atoms with Crippen LogP contribution in [-0.4, -0.2) is 31.6 Å². The van der Waals surface area contributed by atoms with E-state index in [1.807, 2.05) is 13.0 Å². The van der Waals surface area contributed by atoms with Crippen molar-refractivity contribution in [3.63, 3.8) is 0 Å². The third kappa shape index (κ3) is 2.00. The molecule has 0 amide bonds. The lowest BCUT2D eigenvalue weighted by atomic mass is 9.52. The van der Waals surface area contributed by atoms with E-state index in [-0.39, 0.29) is 11.9 Å². The van der Waals surface area contributed by atoms with Crippen LogP contribution in [0.1, 0.15) is 33.1 Å². The molecule has 0 N–H and O–H groups in total. The molecule has 1 heterocycles. The lowest BCUT2D eigenvalue weighted by Gasteiger charge is -2.57. The molecule has 4 rings (SSSR count). The van der Waals surface area contributed by atoms with E-state index in [1.165, 1.54) is 5.57 Å². The predicted octanol–water partition coefficient (Wildman–Crippen LogP) is 2.84. The van der Waals surface area contributed by atoms with Crippen LogP contribution < -0.4 is 0 Å². The first-order valence-corrected chi connectivity index (χ1v) is 7.83. The normalized spacial score (nSPS) is 36.6. The van der Waals surface area contributed by atoms with Gasteiger partial charge in [-0.1, -0.05) is 17.7 Å². The topological polar surface area (TPSA) is 44.8 Å². The number of carbonyl (C=O) groups is 1. The third-order valence-electron chi connectivity index (χ3n) is 5.30. The molecule has 2 fully saturated rings. The Morgan fingerprint density at radius 3 is 2.86 bits per heavy atom. The molecule has 0 aromatic carbocycles. The number of carbonyl (C=O) groups excluding carboxylic acids is 1. The van der Waals surface area contributed by atoms with Gasteiger partial charge >= 0.3 is 5.97 Å². The van der Waals surface area contributed by atoms with Crippen LogP contribution >= 0.6 is 0 Å². The Labute approximate surface area is 126 Å². The first-order chi connectivity index (χ1) is 10.1. The van der Waals surface area contributed by atoms with Crippen LogP contribution in [0.2, 0.25) is 0 Å². The smallest absolute Gasteiger partial charge is 0.310 e. The highest BCUT2D eigenvalue weighted by atomic mass is 16.7. The maximum absolute atomic E-state index is 12.5. The van der Waals surface area contributed by atoms with Gasteiger partial charge in [-0.25, -0.2) is 0 Å². The molecule has 3 atom stereocenters. The summed E-state index contributed by atoms with van der Waals surface area (Å²) in [5.41, 5.74) is 0.859. The lowest BCUT2D eigenvalue weighted by molar-refractivity contribution is -0.270. The number of fused-ring (bicyclic) bond motifs is 1. The highest BCUT2D eigenvalue weighted by Crippen LogP contribution is 2.62. The minimum absolute atomic E-state index is 0.133. The quantitative estimate of drug-likeness (QED) is 0.590. The molecule has 0 aromatic rings. The van der Waals surface area contributed by atoms with E-state index in [1.54, 1.807) is 0 Å². The Kier molecular flexibility index (Phi) is 3.70. The Hall–Kier alpha value is -1.13. The molecule has 4 nitrogen and oxygen atoms in total. The fourth-order valence-electron chi connectivity index (χ4n) is 4.43.